The highest BCUT2D eigenvalue weighted by Gasteiger charge is 2.17. The molecular formula is C18H17N3O5. The van der Waals surface area contributed by atoms with Gasteiger partial charge in [0, 0.05) is 5.56 Å². The lowest BCUT2D eigenvalue weighted by molar-refractivity contribution is -0.118. The van der Waals surface area contributed by atoms with Crippen LogP contribution in [0.25, 0.3) is 11.3 Å². The summed E-state index contributed by atoms with van der Waals surface area (Å²) in [6.45, 7) is -0.164. The molecule has 8 heteroatoms. The van der Waals surface area contributed by atoms with Gasteiger partial charge in [0.15, 0.2) is 23.8 Å². The zero-order valence-corrected chi connectivity index (χ0v) is 14.3. The SMILES string of the molecule is COc1ccc(-c2nonc2NC(=O)COc2ccccc2)cc1OC. The van der Waals surface area contributed by atoms with E-state index in [1.807, 2.05) is 18.2 Å². The van der Waals surface area contributed by atoms with Crippen LogP contribution in [0.1, 0.15) is 0 Å². The van der Waals surface area contributed by atoms with Crippen LogP contribution in [-0.4, -0.2) is 37.0 Å². The lowest BCUT2D eigenvalue weighted by atomic mass is 10.1. The third-order valence-corrected chi connectivity index (χ3v) is 3.52. The number of methoxy groups -OCH3 is 2. The summed E-state index contributed by atoms with van der Waals surface area (Å²) in [6.07, 6.45) is 0. The molecular weight excluding hydrogens is 338 g/mol. The summed E-state index contributed by atoms with van der Waals surface area (Å²) in [5.74, 6) is 1.51. The quantitative estimate of drug-likeness (QED) is 0.696. The second kappa shape index (κ2) is 8.02. The number of hydrogen-bond donors (Lipinski definition) is 1. The van der Waals surface area contributed by atoms with Crippen molar-refractivity contribution in [1.82, 2.24) is 10.3 Å². The summed E-state index contributed by atoms with van der Waals surface area (Å²) >= 11 is 0. The van der Waals surface area contributed by atoms with Crippen molar-refractivity contribution in [2.75, 3.05) is 26.1 Å². The monoisotopic (exact) mass is 355 g/mol. The Balaban J connectivity index is 1.71. The smallest absolute Gasteiger partial charge is 0.263 e. The fraction of sp³-hybridized carbons (Fsp3) is 0.167. The second-order valence-corrected chi connectivity index (χ2v) is 5.18. The molecule has 0 spiro atoms. The Morgan fingerprint density at radius 2 is 1.81 bits per heavy atom. The standard InChI is InChI=1S/C18H17N3O5/c1-23-14-9-8-12(10-15(14)24-2)17-18(21-26-20-17)19-16(22)11-25-13-6-4-3-5-7-13/h3-10H,11H2,1-2H3,(H,19,21,22). The van der Waals surface area contributed by atoms with Crippen LogP contribution in [0.4, 0.5) is 5.82 Å². The molecule has 26 heavy (non-hydrogen) atoms. The Morgan fingerprint density at radius 1 is 1.04 bits per heavy atom. The van der Waals surface area contributed by atoms with Gasteiger partial charge in [-0.25, -0.2) is 4.63 Å². The van der Waals surface area contributed by atoms with Gasteiger partial charge < -0.3 is 19.5 Å². The number of carbonyl (C=O) groups excluding carboxylic acids is 1. The van der Waals surface area contributed by atoms with E-state index in [1.165, 1.54) is 7.11 Å². The van der Waals surface area contributed by atoms with Crippen LogP contribution in [0, 0.1) is 0 Å². The number of hydrogen-bond acceptors (Lipinski definition) is 7. The van der Waals surface area contributed by atoms with Gasteiger partial charge in [-0.05, 0) is 40.6 Å². The average Bonchev–Trinajstić information content (AvgIpc) is 3.14. The lowest BCUT2D eigenvalue weighted by Crippen LogP contribution is -2.20. The van der Waals surface area contributed by atoms with Gasteiger partial charge >= 0.3 is 0 Å². The van der Waals surface area contributed by atoms with Crippen molar-refractivity contribution in [1.29, 1.82) is 0 Å². The minimum absolute atomic E-state index is 0.164. The highest BCUT2D eigenvalue weighted by molar-refractivity contribution is 5.94. The maximum atomic E-state index is 12.1. The summed E-state index contributed by atoms with van der Waals surface area (Å²) < 4.78 is 20.6. The molecule has 3 rings (SSSR count). The van der Waals surface area contributed by atoms with Crippen molar-refractivity contribution in [2.24, 2.45) is 0 Å². The molecule has 3 aromatic rings. The van der Waals surface area contributed by atoms with Crippen molar-refractivity contribution in [3.8, 4) is 28.5 Å². The number of nitrogens with one attached hydrogen (secondary N) is 1. The fourth-order valence-corrected chi connectivity index (χ4v) is 2.28. The number of rotatable bonds is 7. The van der Waals surface area contributed by atoms with Crippen molar-refractivity contribution in [2.45, 2.75) is 0 Å². The Hall–Kier alpha value is -3.55. The van der Waals surface area contributed by atoms with Gasteiger partial charge in [0.05, 0.1) is 14.2 Å². The summed E-state index contributed by atoms with van der Waals surface area (Å²) in [7, 11) is 3.08. The third-order valence-electron chi connectivity index (χ3n) is 3.52. The van der Waals surface area contributed by atoms with Crippen molar-refractivity contribution in [3.63, 3.8) is 0 Å². The first-order chi connectivity index (χ1) is 12.7. The van der Waals surface area contributed by atoms with E-state index in [4.69, 9.17) is 18.8 Å². The Kier molecular flexibility index (Phi) is 5.33. The van der Waals surface area contributed by atoms with Crippen LogP contribution in [0.5, 0.6) is 17.2 Å². The number of amides is 1. The molecule has 0 saturated heterocycles. The van der Waals surface area contributed by atoms with Crippen LogP contribution in [-0.2, 0) is 4.79 Å². The number of nitrogens with zero attached hydrogens (tertiary/aromatic N) is 2. The molecule has 0 aliphatic rings. The van der Waals surface area contributed by atoms with Crippen molar-refractivity contribution < 1.29 is 23.6 Å². The molecule has 2 aromatic carbocycles. The molecule has 1 aromatic heterocycles. The van der Waals surface area contributed by atoms with E-state index in [1.54, 1.807) is 37.4 Å². The number of benzene rings is 2. The first kappa shape index (κ1) is 17.3. The van der Waals surface area contributed by atoms with E-state index < -0.39 is 0 Å². The second-order valence-electron chi connectivity index (χ2n) is 5.18. The Morgan fingerprint density at radius 3 is 2.54 bits per heavy atom. The van der Waals surface area contributed by atoms with E-state index in [0.29, 0.717) is 28.5 Å². The van der Waals surface area contributed by atoms with Gasteiger partial charge in [-0.3, -0.25) is 4.79 Å². The average molecular weight is 355 g/mol. The molecule has 0 bridgehead atoms. The van der Waals surface area contributed by atoms with Gasteiger partial charge in [-0.15, -0.1) is 0 Å². The summed E-state index contributed by atoms with van der Waals surface area (Å²) in [5.41, 5.74) is 1.03. The van der Waals surface area contributed by atoms with Crippen LogP contribution in [0.15, 0.2) is 53.2 Å². The number of anilines is 1. The molecule has 1 amide bonds. The van der Waals surface area contributed by atoms with E-state index >= 15 is 0 Å². The molecule has 0 atom stereocenters. The molecule has 0 aliphatic heterocycles. The summed E-state index contributed by atoms with van der Waals surface area (Å²) in [6, 6.07) is 14.2. The zero-order valence-electron chi connectivity index (χ0n) is 14.3. The number of carbonyl (C=O) groups is 1. The van der Waals surface area contributed by atoms with E-state index in [2.05, 4.69) is 15.6 Å². The van der Waals surface area contributed by atoms with Crippen molar-refractivity contribution in [3.05, 3.63) is 48.5 Å². The zero-order chi connectivity index (χ0) is 18.4. The summed E-state index contributed by atoms with van der Waals surface area (Å²) in [5, 5.41) is 10.2. The van der Waals surface area contributed by atoms with Gasteiger partial charge in [-0.1, -0.05) is 18.2 Å². The molecule has 0 aliphatic carbocycles. The molecule has 0 fully saturated rings. The Labute approximate surface area is 149 Å². The predicted molar refractivity (Wildman–Crippen MR) is 93.4 cm³/mol. The number of para-hydroxylation sites is 1. The minimum Gasteiger partial charge on any atom is -0.493 e. The van der Waals surface area contributed by atoms with Crippen LogP contribution in [0.2, 0.25) is 0 Å². The molecule has 8 nitrogen and oxygen atoms in total. The third kappa shape index (κ3) is 3.92. The predicted octanol–water partition coefficient (Wildman–Crippen LogP) is 2.77. The normalized spacial score (nSPS) is 10.2. The van der Waals surface area contributed by atoms with Gasteiger partial charge in [0.2, 0.25) is 5.82 Å². The highest BCUT2D eigenvalue weighted by atomic mass is 16.6. The molecule has 134 valence electrons. The van der Waals surface area contributed by atoms with Gasteiger partial charge in [0.25, 0.3) is 5.91 Å². The minimum atomic E-state index is -0.383. The highest BCUT2D eigenvalue weighted by Crippen LogP contribution is 2.33. The molecule has 0 radical (unpaired) electrons. The number of ether oxygens (including phenoxy) is 3. The topological polar surface area (TPSA) is 95.7 Å². The summed E-state index contributed by atoms with van der Waals surface area (Å²) in [4.78, 5) is 12.1. The lowest BCUT2D eigenvalue weighted by Gasteiger charge is -2.09. The first-order valence-corrected chi connectivity index (χ1v) is 7.74. The fourth-order valence-electron chi connectivity index (χ4n) is 2.28. The van der Waals surface area contributed by atoms with Gasteiger partial charge in [0.1, 0.15) is 5.75 Å². The molecule has 1 heterocycles. The van der Waals surface area contributed by atoms with Crippen LogP contribution < -0.4 is 19.5 Å². The molecule has 0 saturated carbocycles. The van der Waals surface area contributed by atoms with E-state index in [0.717, 1.165) is 0 Å². The largest absolute Gasteiger partial charge is 0.493 e. The van der Waals surface area contributed by atoms with E-state index in [9.17, 15) is 4.79 Å². The van der Waals surface area contributed by atoms with Crippen molar-refractivity contribution >= 4 is 11.7 Å². The Bertz CT molecular complexity index is 880. The van der Waals surface area contributed by atoms with Crippen LogP contribution >= 0.6 is 0 Å². The maximum absolute atomic E-state index is 12.1. The van der Waals surface area contributed by atoms with E-state index in [-0.39, 0.29) is 18.3 Å². The molecule has 1 N–H and O–H groups in total. The first-order valence-electron chi connectivity index (χ1n) is 7.74. The molecule has 0 unspecified atom stereocenters. The maximum Gasteiger partial charge on any atom is 0.263 e. The van der Waals surface area contributed by atoms with Gasteiger partial charge in [-0.2, -0.15) is 0 Å². The number of aromatic nitrogens is 2. The van der Waals surface area contributed by atoms with Crippen LogP contribution in [0.3, 0.4) is 0 Å².